The third-order valence-electron chi connectivity index (χ3n) is 6.49. The fourth-order valence-electron chi connectivity index (χ4n) is 3.19. The summed E-state index contributed by atoms with van der Waals surface area (Å²) in [6.45, 7) is 25.9. The molecular formula is C23H50O4Si3. The van der Waals surface area contributed by atoms with E-state index in [0.29, 0.717) is 19.6 Å². The minimum absolute atomic E-state index is 0.00672. The maximum atomic E-state index is 11.3. The molecule has 0 unspecified atom stereocenters. The highest BCUT2D eigenvalue weighted by molar-refractivity contribution is 6.74. The van der Waals surface area contributed by atoms with Gasteiger partial charge >= 0.3 is 0 Å². The van der Waals surface area contributed by atoms with Crippen molar-refractivity contribution < 1.29 is 18.1 Å². The normalized spacial score (nSPS) is 15.4. The fourth-order valence-corrected chi connectivity index (χ4v) is 7.93. The summed E-state index contributed by atoms with van der Waals surface area (Å²) in [4.78, 5) is 11.3. The van der Waals surface area contributed by atoms with Crippen molar-refractivity contribution >= 4 is 31.2 Å². The molecule has 1 atom stereocenters. The topological polar surface area (TPSA) is 44.8 Å². The molecule has 0 rings (SSSR count). The highest BCUT2D eigenvalue weighted by atomic mass is 28.4. The Kier molecular flexibility index (Phi) is 12.8. The minimum Gasteiger partial charge on any atom is -0.414 e. The van der Waals surface area contributed by atoms with Crippen LogP contribution in [-0.4, -0.2) is 50.6 Å². The van der Waals surface area contributed by atoms with E-state index in [9.17, 15) is 4.79 Å². The lowest BCUT2D eigenvalue weighted by atomic mass is 10.1. The Labute approximate surface area is 190 Å². The monoisotopic (exact) mass is 474 g/mol. The number of hydrogen-bond donors (Lipinski definition) is 0. The predicted octanol–water partition coefficient (Wildman–Crippen LogP) is 7.16. The van der Waals surface area contributed by atoms with E-state index in [-0.39, 0.29) is 11.1 Å². The van der Waals surface area contributed by atoms with Gasteiger partial charge in [-0.05, 0) is 62.3 Å². The van der Waals surface area contributed by atoms with Gasteiger partial charge < -0.3 is 18.1 Å². The molecule has 0 saturated carbocycles. The lowest BCUT2D eigenvalue weighted by Crippen LogP contribution is -2.42. The number of hydrogen-bond acceptors (Lipinski definition) is 4. The lowest BCUT2D eigenvalue weighted by Gasteiger charge is -2.36. The van der Waals surface area contributed by atoms with Crippen molar-refractivity contribution in [2.75, 3.05) is 13.2 Å². The Morgan fingerprint density at radius 3 is 1.87 bits per heavy atom. The molecule has 0 aliphatic rings. The third-order valence-corrected chi connectivity index (χ3v) is 16.7. The van der Waals surface area contributed by atoms with Crippen molar-refractivity contribution in [2.24, 2.45) is 0 Å². The van der Waals surface area contributed by atoms with Gasteiger partial charge in [-0.25, -0.2) is 0 Å². The summed E-state index contributed by atoms with van der Waals surface area (Å²) in [5, 5.41) is 0.178. The SMILES string of the molecule is CC[Si](CC)(CC)OC[C@@H](C/C(=C\CO[Si](C)(C)C(C)(C)C)CC=O)O[Si](C)(C)C. The van der Waals surface area contributed by atoms with Crippen LogP contribution in [0.4, 0.5) is 0 Å². The van der Waals surface area contributed by atoms with Crippen LogP contribution in [0.25, 0.3) is 0 Å². The molecule has 7 heteroatoms. The van der Waals surface area contributed by atoms with Crippen LogP contribution in [0.2, 0.25) is 55.9 Å². The summed E-state index contributed by atoms with van der Waals surface area (Å²) >= 11 is 0. The zero-order valence-electron chi connectivity index (χ0n) is 21.8. The first kappa shape index (κ1) is 29.9. The van der Waals surface area contributed by atoms with Gasteiger partial charge in [-0.2, -0.15) is 0 Å². The molecule has 0 aromatic rings. The quantitative estimate of drug-likeness (QED) is 0.143. The van der Waals surface area contributed by atoms with Gasteiger partial charge in [0.1, 0.15) is 6.29 Å². The standard InChI is InChI=1S/C23H50O4Si3/c1-12-30(13-2,14-3)26-20-22(27-28(7,8)9)19-21(15-17-24)16-18-25-29(10,11)23(4,5)6/h16-17,22H,12-15,18-20H2,1-11H3/b21-16-/t22-/m1/s1. The minimum atomic E-state index is -1.80. The van der Waals surface area contributed by atoms with Crippen LogP contribution >= 0.6 is 0 Å². The predicted molar refractivity (Wildman–Crippen MR) is 138 cm³/mol. The number of carbonyl (C=O) groups is 1. The molecule has 30 heavy (non-hydrogen) atoms. The van der Waals surface area contributed by atoms with E-state index in [2.05, 4.69) is 80.4 Å². The van der Waals surface area contributed by atoms with Crippen LogP contribution in [0.5, 0.6) is 0 Å². The zero-order chi connectivity index (χ0) is 23.6. The number of aldehydes is 1. The first-order chi connectivity index (χ1) is 13.6. The van der Waals surface area contributed by atoms with Gasteiger partial charge in [0.2, 0.25) is 0 Å². The molecule has 0 aromatic carbocycles. The average molecular weight is 475 g/mol. The van der Waals surface area contributed by atoms with Crippen molar-refractivity contribution in [1.29, 1.82) is 0 Å². The Bertz CT molecular complexity index is 521. The number of rotatable bonds is 15. The van der Waals surface area contributed by atoms with Crippen molar-refractivity contribution in [1.82, 2.24) is 0 Å². The van der Waals surface area contributed by atoms with Gasteiger partial charge in [0.05, 0.1) is 19.3 Å². The van der Waals surface area contributed by atoms with Gasteiger partial charge in [-0.1, -0.05) is 53.2 Å². The summed E-state index contributed by atoms with van der Waals surface area (Å²) < 4.78 is 19.4. The van der Waals surface area contributed by atoms with Crippen molar-refractivity contribution in [3.63, 3.8) is 0 Å². The molecule has 178 valence electrons. The average Bonchev–Trinajstić information content (AvgIpc) is 2.61. The van der Waals surface area contributed by atoms with E-state index >= 15 is 0 Å². The molecular weight excluding hydrogens is 425 g/mol. The van der Waals surface area contributed by atoms with Gasteiger partial charge in [0, 0.05) is 6.42 Å². The van der Waals surface area contributed by atoms with Gasteiger partial charge in [0.15, 0.2) is 25.0 Å². The van der Waals surface area contributed by atoms with Crippen LogP contribution in [0.1, 0.15) is 54.4 Å². The zero-order valence-corrected chi connectivity index (χ0v) is 24.8. The van der Waals surface area contributed by atoms with E-state index in [1.54, 1.807) is 0 Å². The van der Waals surface area contributed by atoms with E-state index in [0.717, 1.165) is 36.4 Å². The maximum Gasteiger partial charge on any atom is 0.192 e. The van der Waals surface area contributed by atoms with Crippen LogP contribution in [0, 0.1) is 0 Å². The van der Waals surface area contributed by atoms with Crippen molar-refractivity contribution in [3.8, 4) is 0 Å². The highest BCUT2D eigenvalue weighted by Crippen LogP contribution is 2.36. The van der Waals surface area contributed by atoms with E-state index in [1.165, 1.54) is 0 Å². The molecule has 0 heterocycles. The summed E-state index contributed by atoms with van der Waals surface area (Å²) in [5.74, 6) is 0. The Hall–Kier alpha value is -0.0594. The molecule has 0 radical (unpaired) electrons. The fraction of sp³-hybridized carbons (Fsp3) is 0.870. The van der Waals surface area contributed by atoms with Crippen LogP contribution < -0.4 is 0 Å². The Balaban J connectivity index is 5.34. The molecule has 0 aliphatic heterocycles. The second-order valence-electron chi connectivity index (χ2n) is 10.9. The first-order valence-corrected chi connectivity index (χ1v) is 20.6. The Morgan fingerprint density at radius 2 is 1.47 bits per heavy atom. The second kappa shape index (κ2) is 12.8. The van der Waals surface area contributed by atoms with Crippen molar-refractivity contribution in [2.45, 2.75) is 116 Å². The van der Waals surface area contributed by atoms with E-state index in [4.69, 9.17) is 13.3 Å². The third kappa shape index (κ3) is 11.0. The summed E-state index contributed by atoms with van der Waals surface area (Å²) in [6.07, 6.45) is 4.29. The Morgan fingerprint density at radius 1 is 0.933 bits per heavy atom. The highest BCUT2D eigenvalue weighted by Gasteiger charge is 2.37. The number of carbonyl (C=O) groups excluding carboxylic acids is 1. The van der Waals surface area contributed by atoms with Crippen LogP contribution in [0.3, 0.4) is 0 Å². The van der Waals surface area contributed by atoms with Gasteiger partial charge in [0.25, 0.3) is 0 Å². The van der Waals surface area contributed by atoms with Gasteiger partial charge in [-0.15, -0.1) is 0 Å². The largest absolute Gasteiger partial charge is 0.414 e. The maximum absolute atomic E-state index is 11.3. The molecule has 0 spiro atoms. The first-order valence-electron chi connectivity index (χ1n) is 11.7. The van der Waals surface area contributed by atoms with Crippen molar-refractivity contribution in [3.05, 3.63) is 11.6 Å². The molecule has 0 aromatic heterocycles. The molecule has 0 amide bonds. The van der Waals surface area contributed by atoms with Crippen LogP contribution in [0.15, 0.2) is 11.6 Å². The summed E-state index contributed by atoms with van der Waals surface area (Å²) in [6, 6.07) is 3.41. The van der Waals surface area contributed by atoms with E-state index < -0.39 is 25.0 Å². The molecule has 0 fully saturated rings. The second-order valence-corrected chi connectivity index (χ2v) is 25.0. The summed E-state index contributed by atoms with van der Waals surface area (Å²) in [5.41, 5.74) is 1.10. The van der Waals surface area contributed by atoms with Gasteiger partial charge in [-0.3, -0.25) is 0 Å². The molecule has 4 nitrogen and oxygen atoms in total. The summed E-state index contributed by atoms with van der Waals surface area (Å²) in [7, 11) is -5.20. The smallest absolute Gasteiger partial charge is 0.192 e. The molecule has 0 saturated heterocycles. The lowest BCUT2D eigenvalue weighted by molar-refractivity contribution is -0.107. The molecule has 0 N–H and O–H groups in total. The van der Waals surface area contributed by atoms with E-state index in [1.807, 2.05) is 0 Å². The van der Waals surface area contributed by atoms with Crippen LogP contribution in [-0.2, 0) is 18.1 Å². The molecule has 0 bridgehead atoms. The molecule has 0 aliphatic carbocycles.